The number of pyridine rings is 1. The summed E-state index contributed by atoms with van der Waals surface area (Å²) in [6, 6.07) is 10.1. The van der Waals surface area contributed by atoms with Gasteiger partial charge in [0.05, 0.1) is 0 Å². The van der Waals surface area contributed by atoms with Gasteiger partial charge in [0.2, 0.25) is 0 Å². The minimum Gasteiger partial charge on any atom is -0.306 e. The lowest BCUT2D eigenvalue weighted by Gasteiger charge is -2.14. The molecule has 2 rings (SSSR count). The fourth-order valence-electron chi connectivity index (χ4n) is 1.68. The molecule has 0 amide bonds. The summed E-state index contributed by atoms with van der Waals surface area (Å²) in [5.41, 5.74) is 2.37. The third kappa shape index (κ3) is 3.55. The molecular formula is C14H14BrClN2. The van der Waals surface area contributed by atoms with Gasteiger partial charge in [0.25, 0.3) is 0 Å². The predicted octanol–water partition coefficient (Wildman–Crippen LogP) is 4.35. The van der Waals surface area contributed by atoms with Gasteiger partial charge in [-0.15, -0.1) is 0 Å². The highest BCUT2D eigenvalue weighted by molar-refractivity contribution is 9.10. The van der Waals surface area contributed by atoms with Crippen molar-refractivity contribution in [2.45, 2.75) is 19.5 Å². The molecule has 4 heteroatoms. The van der Waals surface area contributed by atoms with Crippen molar-refractivity contribution in [3.8, 4) is 0 Å². The van der Waals surface area contributed by atoms with Crippen molar-refractivity contribution in [2.75, 3.05) is 0 Å². The largest absolute Gasteiger partial charge is 0.306 e. The molecule has 1 aromatic carbocycles. The number of halogens is 2. The Morgan fingerprint density at radius 2 is 2.22 bits per heavy atom. The van der Waals surface area contributed by atoms with Crippen molar-refractivity contribution < 1.29 is 0 Å². The zero-order chi connectivity index (χ0) is 13.0. The van der Waals surface area contributed by atoms with Crippen LogP contribution in [0.2, 0.25) is 5.02 Å². The Bertz CT molecular complexity index is 516. The second kappa shape index (κ2) is 6.32. The van der Waals surface area contributed by atoms with E-state index in [4.69, 9.17) is 11.6 Å². The number of hydrogen-bond acceptors (Lipinski definition) is 2. The third-order valence-corrected chi connectivity index (χ3v) is 3.77. The molecule has 0 fully saturated rings. The van der Waals surface area contributed by atoms with Crippen LogP contribution in [0.15, 0.2) is 47.2 Å². The van der Waals surface area contributed by atoms with Gasteiger partial charge < -0.3 is 5.32 Å². The standard InChI is InChI=1S/C14H14BrClN2/c1-10(11-3-2-6-17-8-11)18-9-12-4-5-13(16)7-14(12)15/h2-8,10,18H,9H2,1H3/t10-/m0/s1. The van der Waals surface area contributed by atoms with E-state index in [0.29, 0.717) is 0 Å². The number of hydrogen-bond donors (Lipinski definition) is 1. The van der Waals surface area contributed by atoms with Crippen LogP contribution in [0.3, 0.4) is 0 Å². The summed E-state index contributed by atoms with van der Waals surface area (Å²) in [5.74, 6) is 0. The molecule has 0 aliphatic carbocycles. The molecule has 2 nitrogen and oxygen atoms in total. The summed E-state index contributed by atoms with van der Waals surface area (Å²) >= 11 is 9.43. The van der Waals surface area contributed by atoms with E-state index >= 15 is 0 Å². The van der Waals surface area contributed by atoms with Crippen molar-refractivity contribution >= 4 is 27.5 Å². The Morgan fingerprint density at radius 1 is 1.39 bits per heavy atom. The van der Waals surface area contributed by atoms with Crippen LogP contribution < -0.4 is 5.32 Å². The minimum absolute atomic E-state index is 0.265. The first-order valence-electron chi connectivity index (χ1n) is 5.74. The quantitative estimate of drug-likeness (QED) is 0.904. The molecule has 0 radical (unpaired) electrons. The maximum absolute atomic E-state index is 5.92. The second-order valence-electron chi connectivity index (χ2n) is 4.12. The molecule has 0 aliphatic heterocycles. The van der Waals surface area contributed by atoms with Crippen molar-refractivity contribution in [3.63, 3.8) is 0 Å². The van der Waals surface area contributed by atoms with E-state index in [1.165, 1.54) is 11.1 Å². The number of aromatic nitrogens is 1. The lowest BCUT2D eigenvalue weighted by molar-refractivity contribution is 0.572. The molecular weight excluding hydrogens is 312 g/mol. The fourth-order valence-corrected chi connectivity index (χ4v) is 2.50. The normalized spacial score (nSPS) is 12.4. The van der Waals surface area contributed by atoms with Crippen molar-refractivity contribution in [3.05, 3.63) is 63.3 Å². The van der Waals surface area contributed by atoms with Gasteiger partial charge in [-0.05, 0) is 36.2 Å². The summed E-state index contributed by atoms with van der Waals surface area (Å²) in [4.78, 5) is 4.12. The summed E-state index contributed by atoms with van der Waals surface area (Å²) in [6.07, 6.45) is 3.67. The molecule has 0 aliphatic rings. The first kappa shape index (κ1) is 13.5. The van der Waals surface area contributed by atoms with E-state index in [0.717, 1.165) is 16.0 Å². The van der Waals surface area contributed by atoms with Gasteiger partial charge in [-0.3, -0.25) is 4.98 Å². The highest BCUT2D eigenvalue weighted by Gasteiger charge is 2.06. The maximum Gasteiger partial charge on any atom is 0.0417 e. The topological polar surface area (TPSA) is 24.9 Å². The van der Waals surface area contributed by atoms with E-state index < -0.39 is 0 Å². The van der Waals surface area contributed by atoms with E-state index in [1.54, 1.807) is 6.20 Å². The van der Waals surface area contributed by atoms with E-state index in [-0.39, 0.29) is 6.04 Å². The molecule has 1 heterocycles. The highest BCUT2D eigenvalue weighted by atomic mass is 79.9. The Labute approximate surface area is 121 Å². The SMILES string of the molecule is C[C@H](NCc1ccc(Cl)cc1Br)c1cccnc1. The molecule has 0 spiro atoms. The smallest absolute Gasteiger partial charge is 0.0417 e. The number of nitrogens with zero attached hydrogens (tertiary/aromatic N) is 1. The van der Waals surface area contributed by atoms with Crippen LogP contribution in [0.25, 0.3) is 0 Å². The number of rotatable bonds is 4. The zero-order valence-corrected chi connectivity index (χ0v) is 12.4. The van der Waals surface area contributed by atoms with E-state index in [9.17, 15) is 0 Å². The first-order chi connectivity index (χ1) is 8.66. The highest BCUT2D eigenvalue weighted by Crippen LogP contribution is 2.22. The average Bonchev–Trinajstić information content (AvgIpc) is 2.38. The fraction of sp³-hybridized carbons (Fsp3) is 0.214. The second-order valence-corrected chi connectivity index (χ2v) is 5.42. The molecule has 1 atom stereocenters. The molecule has 0 bridgehead atoms. The Kier molecular flexibility index (Phi) is 4.75. The van der Waals surface area contributed by atoms with Crippen LogP contribution in [0.5, 0.6) is 0 Å². The summed E-state index contributed by atoms with van der Waals surface area (Å²) < 4.78 is 1.03. The lowest BCUT2D eigenvalue weighted by atomic mass is 10.1. The van der Waals surface area contributed by atoms with Gasteiger partial charge in [0.1, 0.15) is 0 Å². The molecule has 1 aromatic heterocycles. The monoisotopic (exact) mass is 324 g/mol. The van der Waals surface area contributed by atoms with Crippen LogP contribution in [0.1, 0.15) is 24.1 Å². The van der Waals surface area contributed by atoms with Crippen LogP contribution in [0, 0.1) is 0 Å². The van der Waals surface area contributed by atoms with Crippen LogP contribution in [-0.4, -0.2) is 4.98 Å². The van der Waals surface area contributed by atoms with Crippen molar-refractivity contribution in [1.29, 1.82) is 0 Å². The van der Waals surface area contributed by atoms with Gasteiger partial charge in [-0.25, -0.2) is 0 Å². The number of nitrogens with one attached hydrogen (secondary N) is 1. The minimum atomic E-state index is 0.265. The molecule has 18 heavy (non-hydrogen) atoms. The van der Waals surface area contributed by atoms with Crippen molar-refractivity contribution in [2.24, 2.45) is 0 Å². The lowest BCUT2D eigenvalue weighted by Crippen LogP contribution is -2.18. The van der Waals surface area contributed by atoms with Crippen LogP contribution >= 0.6 is 27.5 Å². The Hall–Kier alpha value is -0.900. The van der Waals surface area contributed by atoms with Crippen LogP contribution in [0.4, 0.5) is 0 Å². The summed E-state index contributed by atoms with van der Waals surface area (Å²) in [5, 5.41) is 4.20. The van der Waals surface area contributed by atoms with Gasteiger partial charge in [-0.2, -0.15) is 0 Å². The Balaban J connectivity index is 1.99. The van der Waals surface area contributed by atoms with E-state index in [1.807, 2.05) is 30.5 Å². The van der Waals surface area contributed by atoms with Gasteiger partial charge in [0.15, 0.2) is 0 Å². The van der Waals surface area contributed by atoms with Gasteiger partial charge >= 0.3 is 0 Å². The summed E-state index contributed by atoms with van der Waals surface area (Å²) in [6.45, 7) is 2.91. The molecule has 2 aromatic rings. The van der Waals surface area contributed by atoms with Gasteiger partial charge in [-0.1, -0.05) is 39.7 Å². The summed E-state index contributed by atoms with van der Waals surface area (Å²) in [7, 11) is 0. The average molecular weight is 326 g/mol. The third-order valence-electron chi connectivity index (χ3n) is 2.80. The van der Waals surface area contributed by atoms with Gasteiger partial charge in [0, 0.05) is 34.5 Å². The molecule has 0 unspecified atom stereocenters. The first-order valence-corrected chi connectivity index (χ1v) is 6.91. The van der Waals surface area contributed by atoms with Crippen LogP contribution in [-0.2, 0) is 6.54 Å². The zero-order valence-electron chi connectivity index (χ0n) is 10.0. The predicted molar refractivity (Wildman–Crippen MR) is 78.6 cm³/mol. The maximum atomic E-state index is 5.92. The molecule has 0 saturated carbocycles. The van der Waals surface area contributed by atoms with Crippen molar-refractivity contribution in [1.82, 2.24) is 10.3 Å². The number of benzene rings is 1. The molecule has 94 valence electrons. The Morgan fingerprint density at radius 3 is 2.89 bits per heavy atom. The molecule has 1 N–H and O–H groups in total. The van der Waals surface area contributed by atoms with E-state index in [2.05, 4.69) is 39.2 Å². The molecule has 0 saturated heterocycles.